The van der Waals surface area contributed by atoms with Crippen LogP contribution >= 0.6 is 0 Å². The van der Waals surface area contributed by atoms with Crippen molar-refractivity contribution in [3.05, 3.63) is 64.9 Å². The van der Waals surface area contributed by atoms with Crippen LogP contribution in [0.5, 0.6) is 5.75 Å². The van der Waals surface area contributed by atoms with E-state index in [-0.39, 0.29) is 42.5 Å². The number of carbonyl (C=O) groups is 2. The number of amides is 1. The van der Waals surface area contributed by atoms with Gasteiger partial charge < -0.3 is 29.7 Å². The highest BCUT2D eigenvalue weighted by Crippen LogP contribution is 2.32. The molecule has 0 aliphatic carbocycles. The molecule has 2 N–H and O–H groups in total. The summed E-state index contributed by atoms with van der Waals surface area (Å²) >= 11 is 0. The van der Waals surface area contributed by atoms with Crippen LogP contribution in [-0.2, 0) is 32.5 Å². The van der Waals surface area contributed by atoms with Crippen LogP contribution in [-0.4, -0.2) is 98.6 Å². The van der Waals surface area contributed by atoms with Gasteiger partial charge in [-0.1, -0.05) is 0 Å². The smallest absolute Gasteiger partial charge is 0.435 e. The summed E-state index contributed by atoms with van der Waals surface area (Å²) in [7, 11) is -0.492. The first-order chi connectivity index (χ1) is 22.8. The van der Waals surface area contributed by atoms with Crippen LogP contribution in [0.3, 0.4) is 0 Å². The van der Waals surface area contributed by atoms with Gasteiger partial charge in [0.25, 0.3) is 5.91 Å². The zero-order chi connectivity index (χ0) is 34.6. The summed E-state index contributed by atoms with van der Waals surface area (Å²) in [5.74, 6) is -2.13. The summed E-state index contributed by atoms with van der Waals surface area (Å²) in [5, 5.41) is 10.6. The lowest BCUT2D eigenvalue weighted by Crippen LogP contribution is -2.37. The van der Waals surface area contributed by atoms with Gasteiger partial charge in [-0.25, -0.2) is 22.0 Å². The van der Waals surface area contributed by atoms with Gasteiger partial charge in [-0.3, -0.25) is 4.79 Å². The average molecular weight is 691 g/mol. The molecule has 0 saturated carbocycles. The predicted octanol–water partition coefficient (Wildman–Crippen LogP) is 4.09. The maximum absolute atomic E-state index is 14.0. The van der Waals surface area contributed by atoms with Crippen molar-refractivity contribution in [2.75, 3.05) is 57.6 Å². The summed E-state index contributed by atoms with van der Waals surface area (Å²) in [6.45, 7) is 5.19. The van der Waals surface area contributed by atoms with E-state index in [1.54, 1.807) is 32.0 Å². The van der Waals surface area contributed by atoms with Gasteiger partial charge in [-0.05, 0) is 65.0 Å². The average Bonchev–Trinajstić information content (AvgIpc) is 3.38. The molecule has 0 spiro atoms. The number of sulfonamides is 1. The van der Waals surface area contributed by atoms with Crippen LogP contribution in [0.1, 0.15) is 48.3 Å². The topological polar surface area (TPSA) is 144 Å². The molecular weight excluding hydrogens is 650 g/mol. The van der Waals surface area contributed by atoms with E-state index >= 15 is 0 Å². The first-order valence-corrected chi connectivity index (χ1v) is 17.1. The monoisotopic (exact) mass is 690 g/mol. The van der Waals surface area contributed by atoms with Gasteiger partial charge >= 0.3 is 6.09 Å². The van der Waals surface area contributed by atoms with Crippen molar-refractivity contribution in [3.63, 3.8) is 0 Å². The summed E-state index contributed by atoms with van der Waals surface area (Å²) < 4.78 is 73.7. The lowest BCUT2D eigenvalue weighted by molar-refractivity contribution is 0.0904. The molecule has 0 bridgehead atoms. The highest BCUT2D eigenvalue weighted by atomic mass is 32.2. The number of carbonyl (C=O) groups excluding carboxylic acids is 2. The van der Waals surface area contributed by atoms with Gasteiger partial charge in [0.05, 0.1) is 27.9 Å². The zero-order valence-electron chi connectivity index (χ0n) is 27.3. The number of fused-ring (bicyclic) bond motifs is 1. The van der Waals surface area contributed by atoms with E-state index in [2.05, 4.69) is 15.7 Å². The van der Waals surface area contributed by atoms with Crippen LogP contribution < -0.4 is 15.4 Å². The Morgan fingerprint density at radius 2 is 1.81 bits per heavy atom. The summed E-state index contributed by atoms with van der Waals surface area (Å²) in [4.78, 5) is 28.4. The molecule has 0 atom stereocenters. The number of rotatable bonds is 11. The quantitative estimate of drug-likeness (QED) is 0.302. The normalized spacial score (nSPS) is 15.8. The third kappa shape index (κ3) is 8.29. The summed E-state index contributed by atoms with van der Waals surface area (Å²) in [5.41, 5.74) is 1.38. The second kappa shape index (κ2) is 15.0. The van der Waals surface area contributed by atoms with E-state index < -0.39 is 44.7 Å². The molecule has 0 radical (unpaired) electrons. The van der Waals surface area contributed by atoms with Crippen LogP contribution in [0.2, 0.25) is 0 Å². The Hall–Kier alpha value is -4.12. The zero-order valence-corrected chi connectivity index (χ0v) is 28.1. The van der Waals surface area contributed by atoms with Gasteiger partial charge in [0.15, 0.2) is 5.82 Å². The maximum atomic E-state index is 14.0. The number of nitrogens with zero attached hydrogens (tertiary/aromatic N) is 4. The van der Waals surface area contributed by atoms with E-state index in [4.69, 9.17) is 14.2 Å². The Bertz CT molecular complexity index is 1740. The van der Waals surface area contributed by atoms with Crippen molar-refractivity contribution in [1.29, 1.82) is 0 Å². The van der Waals surface area contributed by atoms with Gasteiger partial charge in [0.1, 0.15) is 24.0 Å². The van der Waals surface area contributed by atoms with Crippen molar-refractivity contribution in [2.45, 2.75) is 56.7 Å². The minimum atomic E-state index is -4.37. The van der Waals surface area contributed by atoms with Gasteiger partial charge in [-0.2, -0.15) is 8.99 Å². The van der Waals surface area contributed by atoms with E-state index in [0.29, 0.717) is 49.6 Å². The molecule has 0 unspecified atom stereocenters. The molecule has 2 aliphatic heterocycles. The fourth-order valence-corrected chi connectivity index (χ4v) is 6.89. The number of ether oxygens (including phenoxy) is 3. The van der Waals surface area contributed by atoms with Crippen molar-refractivity contribution in [3.8, 4) is 5.75 Å². The number of hydrogen-bond acceptors (Lipinski definition) is 10. The highest BCUT2D eigenvalue weighted by molar-refractivity contribution is 7.89. The Labute approximate surface area is 278 Å². The fraction of sp³-hybridized carbons (Fsp3) is 0.469. The minimum absolute atomic E-state index is 0.0119. The molecule has 48 heavy (non-hydrogen) atoms. The van der Waals surface area contributed by atoms with Crippen molar-refractivity contribution in [1.82, 2.24) is 19.0 Å². The first-order valence-electron chi connectivity index (χ1n) is 15.7. The molecule has 2 aromatic carbocycles. The van der Waals surface area contributed by atoms with Crippen molar-refractivity contribution < 1.29 is 41.0 Å². The molecule has 2 aliphatic rings. The Morgan fingerprint density at radius 1 is 1.10 bits per heavy atom. The fourth-order valence-electron chi connectivity index (χ4n) is 5.44. The third-order valence-corrected chi connectivity index (χ3v) is 9.68. The number of halogens is 2. The van der Waals surface area contributed by atoms with E-state index in [0.717, 1.165) is 34.0 Å². The number of hydrogen-bond donors (Lipinski definition) is 2. The predicted molar refractivity (Wildman–Crippen MR) is 173 cm³/mol. The minimum Gasteiger partial charge on any atom is -0.492 e. The Morgan fingerprint density at radius 3 is 2.48 bits per heavy atom. The van der Waals surface area contributed by atoms with Crippen LogP contribution in [0.25, 0.3) is 0 Å². The molecule has 260 valence electrons. The highest BCUT2D eigenvalue weighted by Gasteiger charge is 2.35. The number of likely N-dealkylation sites (N-methyl/N-ethyl adjacent to an activating group) is 1. The van der Waals surface area contributed by atoms with E-state index in [1.807, 2.05) is 19.0 Å². The Balaban J connectivity index is 1.47. The molecule has 1 amide bonds. The van der Waals surface area contributed by atoms with Crippen LogP contribution in [0.4, 0.5) is 25.1 Å². The molecule has 1 fully saturated rings. The molecule has 5 rings (SSSR count). The van der Waals surface area contributed by atoms with Gasteiger partial charge in [-0.15, -0.1) is 5.10 Å². The largest absolute Gasteiger partial charge is 0.492 e. The molecule has 13 nitrogen and oxygen atoms in total. The van der Waals surface area contributed by atoms with Gasteiger partial charge in [0, 0.05) is 63.0 Å². The molecule has 1 aromatic heterocycles. The molecular formula is C32H40F2N6O7S. The van der Waals surface area contributed by atoms with Crippen molar-refractivity contribution >= 4 is 33.5 Å². The number of anilines is 2. The number of aromatic nitrogens is 2. The second-order valence-electron chi connectivity index (χ2n) is 12.2. The first kappa shape index (κ1) is 35.2. The second-order valence-corrected chi connectivity index (χ2v) is 14.1. The van der Waals surface area contributed by atoms with E-state index in [1.165, 1.54) is 0 Å². The SMILES string of the molecule is CC(C)OC(=O)n1nc(NC(=O)c2ccc(OCCN(C)C)cc2NC2CCOCC2)c2c1CCN(S(=O)(=O)c1cc(F)cc(F)c1)C2. The van der Waals surface area contributed by atoms with Crippen LogP contribution in [0.15, 0.2) is 41.3 Å². The summed E-state index contributed by atoms with van der Waals surface area (Å²) in [6.07, 6.45) is 0.213. The summed E-state index contributed by atoms with van der Waals surface area (Å²) in [6, 6.07) is 7.15. The third-order valence-electron chi connectivity index (χ3n) is 7.86. The maximum Gasteiger partial charge on any atom is 0.435 e. The van der Waals surface area contributed by atoms with E-state index in [9.17, 15) is 26.8 Å². The van der Waals surface area contributed by atoms with Crippen LogP contribution in [0, 0.1) is 11.6 Å². The standard InChI is InChI=1S/C32H40F2N6O7S/c1-20(2)47-32(42)40-29-7-10-39(48(43,44)25-16-21(33)15-22(34)17-25)19-27(29)30(37-40)36-31(41)26-6-5-24(46-14-11-38(3)4)18-28(26)35-23-8-12-45-13-9-23/h5-6,15-18,20,23,35H,7-14,19H2,1-4H3,(H,36,37,41). The van der Waals surface area contributed by atoms with Gasteiger partial charge in [0.2, 0.25) is 10.0 Å². The molecule has 3 heterocycles. The Kier molecular flexibility index (Phi) is 11.0. The molecule has 1 saturated heterocycles. The lowest BCUT2D eigenvalue weighted by Gasteiger charge is -2.27. The number of benzene rings is 2. The molecule has 16 heteroatoms. The molecule has 3 aromatic rings. The lowest BCUT2D eigenvalue weighted by atomic mass is 10.1. The number of nitrogens with one attached hydrogen (secondary N) is 2. The van der Waals surface area contributed by atoms with Crippen molar-refractivity contribution in [2.24, 2.45) is 0 Å².